The van der Waals surface area contributed by atoms with E-state index in [-0.39, 0.29) is 11.9 Å². The number of hydrogen-bond acceptors (Lipinski definition) is 3. The molecule has 0 heterocycles. The maximum absolute atomic E-state index is 11.2. The molecule has 0 bridgehead atoms. The second-order valence-electron chi connectivity index (χ2n) is 3.81. The average molecular weight is 198 g/mol. The van der Waals surface area contributed by atoms with Crippen LogP contribution in [-0.4, -0.2) is 23.8 Å². The van der Waals surface area contributed by atoms with Crippen LogP contribution in [0, 0.1) is 5.92 Å². The summed E-state index contributed by atoms with van der Waals surface area (Å²) in [7, 11) is 0. The summed E-state index contributed by atoms with van der Waals surface area (Å²) >= 11 is 0. The van der Waals surface area contributed by atoms with E-state index in [1.54, 1.807) is 6.92 Å². The van der Waals surface area contributed by atoms with Gasteiger partial charge in [-0.1, -0.05) is 11.6 Å². The monoisotopic (exact) mass is 198 g/mol. The molecule has 0 aromatic heterocycles. The number of esters is 1. The highest BCUT2D eigenvalue weighted by molar-refractivity contribution is 5.69. The van der Waals surface area contributed by atoms with Gasteiger partial charge in [-0.2, -0.15) is 0 Å². The lowest BCUT2D eigenvalue weighted by Gasteiger charge is -2.24. The van der Waals surface area contributed by atoms with Crippen LogP contribution in [0.3, 0.4) is 0 Å². The fourth-order valence-corrected chi connectivity index (χ4v) is 1.75. The first kappa shape index (κ1) is 11.2. The Labute approximate surface area is 84.8 Å². The number of ether oxygens (including phenoxy) is 1. The molecular formula is C11H18O3. The lowest BCUT2D eigenvalue weighted by Crippen LogP contribution is -2.25. The molecule has 0 aromatic rings. The number of carbonyl (C=O) groups is 1. The van der Waals surface area contributed by atoms with Crippen LogP contribution in [0.15, 0.2) is 11.6 Å². The summed E-state index contributed by atoms with van der Waals surface area (Å²) < 4.78 is 4.85. The summed E-state index contributed by atoms with van der Waals surface area (Å²) in [4.78, 5) is 11.2. The van der Waals surface area contributed by atoms with Gasteiger partial charge in [0.1, 0.15) is 0 Å². The summed E-state index contributed by atoms with van der Waals surface area (Å²) in [6, 6.07) is 0. The molecule has 1 rings (SSSR count). The zero-order valence-electron chi connectivity index (χ0n) is 8.82. The van der Waals surface area contributed by atoms with Gasteiger partial charge in [0, 0.05) is 0 Å². The van der Waals surface area contributed by atoms with Crippen molar-refractivity contribution in [3.05, 3.63) is 11.6 Å². The molecule has 2 atom stereocenters. The van der Waals surface area contributed by atoms with Gasteiger partial charge < -0.3 is 9.84 Å². The number of allylic oxidation sites excluding steroid dienone is 1. The molecule has 1 aliphatic carbocycles. The fraction of sp³-hybridized carbons (Fsp3) is 0.727. The molecule has 14 heavy (non-hydrogen) atoms. The number of hydrogen-bond donors (Lipinski definition) is 1. The van der Waals surface area contributed by atoms with E-state index in [1.807, 2.05) is 13.0 Å². The second kappa shape index (κ2) is 5.15. The van der Waals surface area contributed by atoms with E-state index in [0.29, 0.717) is 13.0 Å². The Kier molecular flexibility index (Phi) is 4.14. The SMILES string of the molecule is CCOC(=O)C[C@@H]1CCC(C)=C[C@@H]1O. The Morgan fingerprint density at radius 3 is 3.00 bits per heavy atom. The number of rotatable bonds is 3. The minimum Gasteiger partial charge on any atom is -0.466 e. The molecule has 80 valence electrons. The summed E-state index contributed by atoms with van der Waals surface area (Å²) in [5.41, 5.74) is 1.21. The average Bonchev–Trinajstić information content (AvgIpc) is 2.10. The molecule has 0 spiro atoms. The Hall–Kier alpha value is -0.830. The Morgan fingerprint density at radius 2 is 2.43 bits per heavy atom. The third kappa shape index (κ3) is 3.14. The largest absolute Gasteiger partial charge is 0.466 e. The number of aliphatic hydroxyl groups is 1. The normalized spacial score (nSPS) is 26.9. The third-order valence-corrected chi connectivity index (χ3v) is 2.58. The van der Waals surface area contributed by atoms with Crippen LogP contribution in [-0.2, 0) is 9.53 Å². The Balaban J connectivity index is 2.43. The maximum Gasteiger partial charge on any atom is 0.306 e. The van der Waals surface area contributed by atoms with Crippen molar-refractivity contribution in [3.63, 3.8) is 0 Å². The van der Waals surface area contributed by atoms with Gasteiger partial charge in [-0.05, 0) is 32.6 Å². The minimum absolute atomic E-state index is 0.0396. The first-order valence-electron chi connectivity index (χ1n) is 5.14. The summed E-state index contributed by atoms with van der Waals surface area (Å²) in [6.45, 7) is 4.21. The lowest BCUT2D eigenvalue weighted by atomic mass is 9.86. The van der Waals surface area contributed by atoms with Crippen LogP contribution in [0.25, 0.3) is 0 Å². The van der Waals surface area contributed by atoms with Crippen molar-refractivity contribution in [1.82, 2.24) is 0 Å². The first-order chi connectivity index (χ1) is 6.63. The van der Waals surface area contributed by atoms with Gasteiger partial charge in [0.25, 0.3) is 0 Å². The van der Waals surface area contributed by atoms with Crippen molar-refractivity contribution in [2.45, 2.75) is 39.2 Å². The quantitative estimate of drug-likeness (QED) is 0.554. The molecule has 0 fully saturated rings. The summed E-state index contributed by atoms with van der Waals surface area (Å²) in [6.07, 6.45) is 3.54. The van der Waals surface area contributed by atoms with Gasteiger partial charge in [-0.15, -0.1) is 0 Å². The van der Waals surface area contributed by atoms with Crippen molar-refractivity contribution in [1.29, 1.82) is 0 Å². The molecule has 0 radical (unpaired) electrons. The van der Waals surface area contributed by atoms with Crippen molar-refractivity contribution in [3.8, 4) is 0 Å². The van der Waals surface area contributed by atoms with E-state index < -0.39 is 6.10 Å². The van der Waals surface area contributed by atoms with E-state index in [0.717, 1.165) is 12.8 Å². The van der Waals surface area contributed by atoms with Gasteiger partial charge in [-0.25, -0.2) is 0 Å². The van der Waals surface area contributed by atoms with Crippen molar-refractivity contribution >= 4 is 5.97 Å². The van der Waals surface area contributed by atoms with Crippen LogP contribution < -0.4 is 0 Å². The summed E-state index contributed by atoms with van der Waals surface area (Å²) in [5, 5.41) is 9.67. The molecule has 0 unspecified atom stereocenters. The standard InChI is InChI=1S/C11H18O3/c1-3-14-11(13)7-9-5-4-8(2)6-10(9)12/h6,9-10,12H,3-5,7H2,1-2H3/t9-,10-/m0/s1. The van der Waals surface area contributed by atoms with E-state index in [4.69, 9.17) is 4.74 Å². The topological polar surface area (TPSA) is 46.5 Å². The van der Waals surface area contributed by atoms with E-state index in [1.165, 1.54) is 5.57 Å². The van der Waals surface area contributed by atoms with E-state index >= 15 is 0 Å². The molecule has 1 N–H and O–H groups in total. The highest BCUT2D eigenvalue weighted by Gasteiger charge is 2.24. The predicted octanol–water partition coefficient (Wildman–Crippen LogP) is 1.66. The second-order valence-corrected chi connectivity index (χ2v) is 3.81. The fourth-order valence-electron chi connectivity index (χ4n) is 1.75. The number of aliphatic hydroxyl groups excluding tert-OH is 1. The van der Waals surface area contributed by atoms with E-state index in [9.17, 15) is 9.90 Å². The summed E-state index contributed by atoms with van der Waals surface area (Å²) in [5.74, 6) is -0.165. The molecule has 0 saturated heterocycles. The first-order valence-corrected chi connectivity index (χ1v) is 5.14. The zero-order chi connectivity index (χ0) is 10.6. The van der Waals surface area contributed by atoms with Crippen molar-refractivity contribution in [2.24, 2.45) is 5.92 Å². The molecule has 3 nitrogen and oxygen atoms in total. The van der Waals surface area contributed by atoms with Gasteiger partial charge in [-0.3, -0.25) is 4.79 Å². The minimum atomic E-state index is -0.479. The lowest BCUT2D eigenvalue weighted by molar-refractivity contribution is -0.145. The Bertz CT molecular complexity index is 233. The highest BCUT2D eigenvalue weighted by atomic mass is 16.5. The van der Waals surface area contributed by atoms with Gasteiger partial charge in [0.2, 0.25) is 0 Å². The smallest absolute Gasteiger partial charge is 0.306 e. The Morgan fingerprint density at radius 1 is 1.71 bits per heavy atom. The van der Waals surface area contributed by atoms with E-state index in [2.05, 4.69) is 0 Å². The van der Waals surface area contributed by atoms with Crippen LogP contribution >= 0.6 is 0 Å². The van der Waals surface area contributed by atoms with Crippen LogP contribution in [0.2, 0.25) is 0 Å². The number of carbonyl (C=O) groups excluding carboxylic acids is 1. The zero-order valence-corrected chi connectivity index (χ0v) is 8.82. The molecule has 0 saturated carbocycles. The molecule has 0 aromatic carbocycles. The molecule has 1 aliphatic rings. The molecule has 0 aliphatic heterocycles. The van der Waals surface area contributed by atoms with Gasteiger partial charge >= 0.3 is 5.97 Å². The highest BCUT2D eigenvalue weighted by Crippen LogP contribution is 2.26. The van der Waals surface area contributed by atoms with Crippen LogP contribution in [0.4, 0.5) is 0 Å². The molecular weight excluding hydrogens is 180 g/mol. The predicted molar refractivity (Wildman–Crippen MR) is 53.7 cm³/mol. The van der Waals surface area contributed by atoms with Crippen molar-refractivity contribution < 1.29 is 14.6 Å². The third-order valence-electron chi connectivity index (χ3n) is 2.58. The van der Waals surface area contributed by atoms with Crippen LogP contribution in [0.5, 0.6) is 0 Å². The van der Waals surface area contributed by atoms with Gasteiger partial charge in [0.15, 0.2) is 0 Å². The van der Waals surface area contributed by atoms with Gasteiger partial charge in [0.05, 0.1) is 19.1 Å². The van der Waals surface area contributed by atoms with Crippen molar-refractivity contribution in [2.75, 3.05) is 6.61 Å². The molecule has 0 amide bonds. The maximum atomic E-state index is 11.2. The molecule has 3 heteroatoms. The van der Waals surface area contributed by atoms with Crippen LogP contribution in [0.1, 0.15) is 33.1 Å².